The quantitative estimate of drug-likeness (QED) is 0.879. The van der Waals surface area contributed by atoms with E-state index >= 15 is 0 Å². The average Bonchev–Trinajstić information content (AvgIpc) is 2.89. The lowest BCUT2D eigenvalue weighted by Gasteiger charge is -2.11. The van der Waals surface area contributed by atoms with Crippen LogP contribution in [-0.2, 0) is 11.2 Å². The Morgan fingerprint density at radius 2 is 2.17 bits per heavy atom. The summed E-state index contributed by atoms with van der Waals surface area (Å²) < 4.78 is 1.81. The molecular weight excluding hydrogens is 228 g/mol. The molecule has 94 valence electrons. The van der Waals surface area contributed by atoms with Crippen LogP contribution in [0.15, 0.2) is 42.7 Å². The van der Waals surface area contributed by atoms with Gasteiger partial charge in [-0.1, -0.05) is 25.1 Å². The van der Waals surface area contributed by atoms with Crippen molar-refractivity contribution in [3.63, 3.8) is 0 Å². The van der Waals surface area contributed by atoms with Crippen molar-refractivity contribution in [1.29, 1.82) is 0 Å². The molecule has 0 radical (unpaired) electrons. The summed E-state index contributed by atoms with van der Waals surface area (Å²) in [5, 5.41) is 13.1. The Morgan fingerprint density at radius 1 is 1.39 bits per heavy atom. The fourth-order valence-corrected chi connectivity index (χ4v) is 1.85. The molecule has 0 saturated carbocycles. The Hall–Kier alpha value is -2.10. The van der Waals surface area contributed by atoms with Crippen molar-refractivity contribution in [2.24, 2.45) is 5.92 Å². The number of carboxylic acids is 1. The molecule has 1 unspecified atom stereocenters. The van der Waals surface area contributed by atoms with Crippen LogP contribution in [0.5, 0.6) is 0 Å². The van der Waals surface area contributed by atoms with E-state index in [0.717, 1.165) is 17.7 Å². The van der Waals surface area contributed by atoms with E-state index in [2.05, 4.69) is 5.10 Å². The van der Waals surface area contributed by atoms with Gasteiger partial charge in [0.1, 0.15) is 0 Å². The van der Waals surface area contributed by atoms with E-state index in [1.807, 2.05) is 36.5 Å². The molecule has 1 atom stereocenters. The van der Waals surface area contributed by atoms with Crippen molar-refractivity contribution in [2.75, 3.05) is 0 Å². The second-order valence-corrected chi connectivity index (χ2v) is 4.36. The monoisotopic (exact) mass is 244 g/mol. The molecule has 0 aliphatic rings. The number of carboxylic acid groups (broad SMARTS) is 1. The number of rotatable bonds is 5. The van der Waals surface area contributed by atoms with Gasteiger partial charge in [0.25, 0.3) is 0 Å². The van der Waals surface area contributed by atoms with Gasteiger partial charge in [0.2, 0.25) is 0 Å². The van der Waals surface area contributed by atoms with Crippen molar-refractivity contribution in [1.82, 2.24) is 9.78 Å². The number of nitrogens with zero attached hydrogens (tertiary/aromatic N) is 2. The third-order valence-electron chi connectivity index (χ3n) is 3.01. The molecule has 1 aromatic heterocycles. The molecule has 0 aliphatic carbocycles. The molecule has 18 heavy (non-hydrogen) atoms. The number of hydrogen-bond donors (Lipinski definition) is 1. The van der Waals surface area contributed by atoms with Crippen LogP contribution in [0.1, 0.15) is 18.9 Å². The molecule has 0 bridgehead atoms. The van der Waals surface area contributed by atoms with E-state index in [0.29, 0.717) is 6.42 Å². The predicted octanol–water partition coefficient (Wildman–Crippen LogP) is 2.53. The molecule has 2 aromatic rings. The summed E-state index contributed by atoms with van der Waals surface area (Å²) in [5.41, 5.74) is 2.13. The highest BCUT2D eigenvalue weighted by Crippen LogP contribution is 2.17. The molecule has 0 aliphatic heterocycles. The summed E-state index contributed by atoms with van der Waals surface area (Å²) in [6, 6.07) is 9.81. The lowest BCUT2D eigenvalue weighted by Crippen LogP contribution is -2.11. The van der Waals surface area contributed by atoms with Gasteiger partial charge in [-0.25, -0.2) is 4.68 Å². The minimum absolute atomic E-state index is 0.323. The van der Waals surface area contributed by atoms with Gasteiger partial charge < -0.3 is 5.11 Å². The zero-order chi connectivity index (χ0) is 13.0. The average molecular weight is 244 g/mol. The molecule has 1 aromatic carbocycles. The maximum absolute atomic E-state index is 10.8. The Morgan fingerprint density at radius 3 is 2.83 bits per heavy atom. The minimum atomic E-state index is -0.744. The largest absolute Gasteiger partial charge is 0.481 e. The lowest BCUT2D eigenvalue weighted by atomic mass is 10.00. The van der Waals surface area contributed by atoms with Crippen LogP contribution in [0, 0.1) is 5.92 Å². The maximum atomic E-state index is 10.8. The van der Waals surface area contributed by atoms with Crippen molar-refractivity contribution in [3.05, 3.63) is 48.3 Å². The fraction of sp³-hybridized carbons (Fsp3) is 0.286. The third-order valence-corrected chi connectivity index (χ3v) is 3.01. The maximum Gasteiger partial charge on any atom is 0.306 e. The van der Waals surface area contributed by atoms with E-state index in [1.54, 1.807) is 17.8 Å². The van der Waals surface area contributed by atoms with Gasteiger partial charge in [-0.2, -0.15) is 5.10 Å². The molecular formula is C14H16N2O2. The Kier molecular flexibility index (Phi) is 3.77. The fourth-order valence-electron chi connectivity index (χ4n) is 1.85. The Bertz CT molecular complexity index is 520. The summed E-state index contributed by atoms with van der Waals surface area (Å²) >= 11 is 0. The van der Waals surface area contributed by atoms with Crippen LogP contribution in [0.2, 0.25) is 0 Å². The first-order valence-electron chi connectivity index (χ1n) is 5.99. The standard InChI is InChI=1S/C14H16N2O2/c1-11(14(17)18)7-8-12-5-2-3-6-13(12)16-10-4-9-15-16/h2-6,9-11H,7-8H2,1H3,(H,17,18). The molecule has 4 heteroatoms. The van der Waals surface area contributed by atoms with Gasteiger partial charge >= 0.3 is 5.97 Å². The van der Waals surface area contributed by atoms with Gasteiger partial charge in [-0.15, -0.1) is 0 Å². The van der Waals surface area contributed by atoms with Crippen LogP contribution in [0.3, 0.4) is 0 Å². The molecule has 1 heterocycles. The lowest BCUT2D eigenvalue weighted by molar-refractivity contribution is -0.141. The van der Waals surface area contributed by atoms with E-state index in [1.165, 1.54) is 0 Å². The van der Waals surface area contributed by atoms with Gasteiger partial charge in [0, 0.05) is 12.4 Å². The highest BCUT2D eigenvalue weighted by atomic mass is 16.4. The number of hydrogen-bond acceptors (Lipinski definition) is 2. The van der Waals surface area contributed by atoms with E-state index in [-0.39, 0.29) is 5.92 Å². The minimum Gasteiger partial charge on any atom is -0.481 e. The highest BCUT2D eigenvalue weighted by molar-refractivity contribution is 5.69. The Labute approximate surface area is 106 Å². The van der Waals surface area contributed by atoms with Crippen molar-refractivity contribution < 1.29 is 9.90 Å². The molecule has 0 fully saturated rings. The highest BCUT2D eigenvalue weighted by Gasteiger charge is 2.12. The normalized spacial score (nSPS) is 12.3. The number of aliphatic carboxylic acids is 1. The smallest absolute Gasteiger partial charge is 0.306 e. The van der Waals surface area contributed by atoms with E-state index in [4.69, 9.17) is 5.11 Å². The van der Waals surface area contributed by atoms with Crippen LogP contribution < -0.4 is 0 Å². The van der Waals surface area contributed by atoms with Crippen LogP contribution in [0.25, 0.3) is 5.69 Å². The summed E-state index contributed by atoms with van der Waals surface area (Å²) in [4.78, 5) is 10.8. The number of aryl methyl sites for hydroxylation is 1. The first-order chi connectivity index (χ1) is 8.68. The number of benzene rings is 1. The van der Waals surface area contributed by atoms with Crippen LogP contribution in [0.4, 0.5) is 0 Å². The third kappa shape index (κ3) is 2.77. The topological polar surface area (TPSA) is 55.1 Å². The van der Waals surface area contributed by atoms with Crippen molar-refractivity contribution in [2.45, 2.75) is 19.8 Å². The zero-order valence-corrected chi connectivity index (χ0v) is 10.3. The summed E-state index contributed by atoms with van der Waals surface area (Å²) in [6.07, 6.45) is 4.99. The molecule has 0 spiro atoms. The predicted molar refractivity (Wildman–Crippen MR) is 68.7 cm³/mol. The van der Waals surface area contributed by atoms with Gasteiger partial charge in [-0.05, 0) is 30.5 Å². The first kappa shape index (κ1) is 12.4. The van der Waals surface area contributed by atoms with E-state index < -0.39 is 5.97 Å². The van der Waals surface area contributed by atoms with Crippen LogP contribution >= 0.6 is 0 Å². The molecule has 1 N–H and O–H groups in total. The molecule has 4 nitrogen and oxygen atoms in total. The van der Waals surface area contributed by atoms with Gasteiger partial charge in [0.05, 0.1) is 11.6 Å². The van der Waals surface area contributed by atoms with Crippen LogP contribution in [-0.4, -0.2) is 20.9 Å². The van der Waals surface area contributed by atoms with E-state index in [9.17, 15) is 4.79 Å². The number of para-hydroxylation sites is 1. The van der Waals surface area contributed by atoms with Gasteiger partial charge in [0.15, 0.2) is 0 Å². The number of carbonyl (C=O) groups is 1. The SMILES string of the molecule is CC(CCc1ccccc1-n1cccn1)C(=O)O. The number of aromatic nitrogens is 2. The molecule has 0 amide bonds. The zero-order valence-electron chi connectivity index (χ0n) is 10.3. The molecule has 0 saturated heterocycles. The molecule has 2 rings (SSSR count). The van der Waals surface area contributed by atoms with Crippen molar-refractivity contribution in [3.8, 4) is 5.69 Å². The first-order valence-corrected chi connectivity index (χ1v) is 5.99. The Balaban J connectivity index is 2.16. The summed E-state index contributed by atoms with van der Waals surface area (Å²) in [6.45, 7) is 1.73. The van der Waals surface area contributed by atoms with Gasteiger partial charge in [-0.3, -0.25) is 4.79 Å². The summed E-state index contributed by atoms with van der Waals surface area (Å²) in [7, 11) is 0. The van der Waals surface area contributed by atoms with Crippen molar-refractivity contribution >= 4 is 5.97 Å². The second-order valence-electron chi connectivity index (χ2n) is 4.36. The second kappa shape index (κ2) is 5.49. The summed E-state index contributed by atoms with van der Waals surface area (Å²) in [5.74, 6) is -1.07.